The molecular weight excluding hydrogens is 350 g/mol. The van der Waals surface area contributed by atoms with Crippen LogP contribution >= 0.6 is 23.1 Å². The number of fused-ring (bicyclic) bond motifs is 3. The first-order valence-corrected chi connectivity index (χ1v) is 10.3. The third-order valence-electron chi connectivity index (χ3n) is 4.72. The maximum Gasteiger partial charge on any atom is 0.262 e. The zero-order valence-corrected chi connectivity index (χ0v) is 15.7. The van der Waals surface area contributed by atoms with E-state index in [1.807, 2.05) is 17.4 Å². The largest absolute Gasteiger partial charge is 0.322 e. The monoisotopic (exact) mass is 369 g/mol. The molecule has 0 saturated heterocycles. The van der Waals surface area contributed by atoms with Crippen LogP contribution in [-0.2, 0) is 23.4 Å². The summed E-state index contributed by atoms with van der Waals surface area (Å²) in [7, 11) is 0. The van der Waals surface area contributed by atoms with Crippen molar-refractivity contribution in [3.8, 4) is 0 Å². The highest BCUT2D eigenvalue weighted by atomic mass is 32.2. The third kappa shape index (κ3) is 3.31. The molecule has 1 amide bonds. The van der Waals surface area contributed by atoms with E-state index < -0.39 is 0 Å². The van der Waals surface area contributed by atoms with Crippen LogP contribution in [0.1, 0.15) is 51.0 Å². The minimum absolute atomic E-state index is 0.0256. The fourth-order valence-corrected chi connectivity index (χ4v) is 5.88. The third-order valence-corrected chi connectivity index (χ3v) is 7.05. The zero-order chi connectivity index (χ0) is 17.4. The standard InChI is InChI=1S/C20H19NO2S2/c1-12(22)13-6-8-14(9-7-13)21-20(23)19-10-18-16(11-24-19)15-4-2-3-5-17(15)25-18/h6-10H,2-5,11H2,1H3,(H,21,23). The van der Waals surface area contributed by atoms with Gasteiger partial charge in [-0.05, 0) is 74.1 Å². The molecule has 5 heteroatoms. The number of benzene rings is 1. The van der Waals surface area contributed by atoms with Crippen LogP contribution in [-0.4, -0.2) is 11.7 Å². The number of hydrogen-bond acceptors (Lipinski definition) is 4. The Bertz CT molecular complexity index is 878. The lowest BCUT2D eigenvalue weighted by Gasteiger charge is -2.16. The topological polar surface area (TPSA) is 46.2 Å². The molecule has 0 spiro atoms. The molecule has 1 aromatic heterocycles. The molecule has 0 saturated carbocycles. The van der Waals surface area contributed by atoms with Crippen molar-refractivity contribution in [2.45, 2.75) is 38.4 Å². The molecule has 2 aromatic rings. The maximum absolute atomic E-state index is 12.6. The van der Waals surface area contributed by atoms with E-state index in [1.165, 1.54) is 47.9 Å². The summed E-state index contributed by atoms with van der Waals surface area (Å²) in [5.74, 6) is 0.846. The summed E-state index contributed by atoms with van der Waals surface area (Å²) < 4.78 is 0. The van der Waals surface area contributed by atoms with Crippen LogP contribution in [0, 0.1) is 0 Å². The summed E-state index contributed by atoms with van der Waals surface area (Å²) in [6.45, 7) is 1.54. The number of carbonyl (C=O) groups excluding carboxylic acids is 2. The molecule has 2 aliphatic rings. The fraction of sp³-hybridized carbons (Fsp3) is 0.300. The molecule has 0 unspecified atom stereocenters. The lowest BCUT2D eigenvalue weighted by molar-refractivity contribution is -0.112. The average molecular weight is 370 g/mol. The van der Waals surface area contributed by atoms with Crippen molar-refractivity contribution in [2.75, 3.05) is 5.32 Å². The molecule has 0 atom stereocenters. The summed E-state index contributed by atoms with van der Waals surface area (Å²) in [4.78, 5) is 27.5. The Balaban J connectivity index is 1.53. The lowest BCUT2D eigenvalue weighted by atomic mass is 9.95. The van der Waals surface area contributed by atoms with Crippen molar-refractivity contribution < 1.29 is 9.59 Å². The molecule has 0 fully saturated rings. The molecule has 1 aliphatic heterocycles. The van der Waals surface area contributed by atoms with E-state index in [4.69, 9.17) is 0 Å². The van der Waals surface area contributed by atoms with E-state index in [-0.39, 0.29) is 11.7 Å². The number of amides is 1. The second-order valence-electron chi connectivity index (χ2n) is 6.44. The van der Waals surface area contributed by atoms with Crippen molar-refractivity contribution in [2.24, 2.45) is 0 Å². The van der Waals surface area contributed by atoms with Crippen molar-refractivity contribution in [1.29, 1.82) is 0 Å². The molecule has 25 heavy (non-hydrogen) atoms. The van der Waals surface area contributed by atoms with Crippen LogP contribution in [0.5, 0.6) is 0 Å². The van der Waals surface area contributed by atoms with E-state index in [0.717, 1.165) is 10.7 Å². The van der Waals surface area contributed by atoms with E-state index in [2.05, 4.69) is 5.32 Å². The Morgan fingerprint density at radius 1 is 1.04 bits per heavy atom. The molecule has 2 heterocycles. The van der Waals surface area contributed by atoms with Crippen LogP contribution in [0.3, 0.4) is 0 Å². The first kappa shape index (κ1) is 16.6. The fourth-order valence-electron chi connectivity index (χ4n) is 3.35. The number of rotatable bonds is 3. The number of ketones is 1. The van der Waals surface area contributed by atoms with Gasteiger partial charge in [0.2, 0.25) is 0 Å². The molecule has 1 N–H and O–H groups in total. The number of thioether (sulfide) groups is 1. The van der Waals surface area contributed by atoms with Crippen molar-refractivity contribution in [1.82, 2.24) is 0 Å². The Morgan fingerprint density at radius 3 is 2.56 bits per heavy atom. The van der Waals surface area contributed by atoms with Gasteiger partial charge < -0.3 is 5.32 Å². The summed E-state index contributed by atoms with van der Waals surface area (Å²) in [6, 6.07) is 7.04. The first-order valence-electron chi connectivity index (χ1n) is 8.52. The Labute approximate surface area is 155 Å². The normalized spacial score (nSPS) is 15.8. The number of thiophene rings is 1. The molecular formula is C20H19NO2S2. The Kier molecular flexibility index (Phi) is 4.52. The van der Waals surface area contributed by atoms with E-state index in [0.29, 0.717) is 11.3 Å². The van der Waals surface area contributed by atoms with E-state index in [1.54, 1.807) is 41.6 Å². The predicted molar refractivity (Wildman–Crippen MR) is 105 cm³/mol. The van der Waals surface area contributed by atoms with E-state index >= 15 is 0 Å². The van der Waals surface area contributed by atoms with Crippen LogP contribution in [0.2, 0.25) is 0 Å². The van der Waals surface area contributed by atoms with Gasteiger partial charge in [-0.3, -0.25) is 9.59 Å². The predicted octanol–water partition coefficient (Wildman–Crippen LogP) is 5.06. The first-order chi connectivity index (χ1) is 12.1. The van der Waals surface area contributed by atoms with Gasteiger partial charge in [0, 0.05) is 26.8 Å². The van der Waals surface area contributed by atoms with Crippen LogP contribution < -0.4 is 5.32 Å². The molecule has 3 nitrogen and oxygen atoms in total. The van der Waals surface area contributed by atoms with Gasteiger partial charge in [-0.25, -0.2) is 0 Å². The van der Waals surface area contributed by atoms with Crippen molar-refractivity contribution in [3.05, 3.63) is 55.6 Å². The second-order valence-corrected chi connectivity index (χ2v) is 8.59. The average Bonchev–Trinajstić information content (AvgIpc) is 3.00. The van der Waals surface area contributed by atoms with Gasteiger partial charge in [-0.1, -0.05) is 0 Å². The Morgan fingerprint density at radius 2 is 1.80 bits per heavy atom. The summed E-state index contributed by atoms with van der Waals surface area (Å²) in [5, 5.41) is 2.94. The molecule has 0 radical (unpaired) electrons. The van der Waals surface area contributed by atoms with Gasteiger partial charge in [-0.15, -0.1) is 23.1 Å². The minimum Gasteiger partial charge on any atom is -0.322 e. The quantitative estimate of drug-likeness (QED) is 0.770. The minimum atomic E-state index is -0.0717. The molecule has 0 bridgehead atoms. The number of hydrogen-bond donors (Lipinski definition) is 1. The van der Waals surface area contributed by atoms with Crippen LogP contribution in [0.25, 0.3) is 6.08 Å². The van der Waals surface area contributed by atoms with Gasteiger partial charge in [0.1, 0.15) is 0 Å². The van der Waals surface area contributed by atoms with Gasteiger partial charge in [0.15, 0.2) is 5.78 Å². The highest BCUT2D eigenvalue weighted by Gasteiger charge is 2.25. The van der Waals surface area contributed by atoms with E-state index in [9.17, 15) is 9.59 Å². The SMILES string of the molecule is CC(=O)c1ccc(NC(=O)C2=Cc3sc4c(c3CS2)CCCC4)cc1. The van der Waals surface area contributed by atoms with Crippen LogP contribution in [0.4, 0.5) is 5.69 Å². The molecule has 4 rings (SSSR count). The van der Waals surface area contributed by atoms with Gasteiger partial charge in [-0.2, -0.15) is 0 Å². The molecule has 1 aromatic carbocycles. The smallest absolute Gasteiger partial charge is 0.262 e. The van der Waals surface area contributed by atoms with Gasteiger partial charge in [0.05, 0.1) is 4.91 Å². The van der Waals surface area contributed by atoms with Gasteiger partial charge in [0.25, 0.3) is 5.91 Å². The number of Topliss-reactive ketones (excluding diaryl/α,β-unsaturated/α-hetero) is 1. The number of carbonyl (C=O) groups is 2. The van der Waals surface area contributed by atoms with Gasteiger partial charge >= 0.3 is 0 Å². The Hall–Kier alpha value is -1.85. The summed E-state index contributed by atoms with van der Waals surface area (Å²) in [6.07, 6.45) is 7.00. The molecule has 128 valence electrons. The number of anilines is 1. The van der Waals surface area contributed by atoms with Crippen molar-refractivity contribution in [3.63, 3.8) is 0 Å². The number of aryl methyl sites for hydroxylation is 1. The second kappa shape index (κ2) is 6.81. The summed E-state index contributed by atoms with van der Waals surface area (Å²) >= 11 is 3.48. The highest BCUT2D eigenvalue weighted by Crippen LogP contribution is 2.42. The van der Waals surface area contributed by atoms with Crippen molar-refractivity contribution >= 4 is 46.6 Å². The number of nitrogens with one attached hydrogen (secondary N) is 1. The molecule has 1 aliphatic carbocycles. The zero-order valence-electron chi connectivity index (χ0n) is 14.1. The maximum atomic E-state index is 12.6. The summed E-state index contributed by atoms with van der Waals surface area (Å²) in [5.41, 5.74) is 4.37. The van der Waals surface area contributed by atoms with Crippen LogP contribution in [0.15, 0.2) is 29.2 Å². The lowest BCUT2D eigenvalue weighted by Crippen LogP contribution is -2.14. The highest BCUT2D eigenvalue weighted by molar-refractivity contribution is 8.03.